The molecule has 0 aliphatic heterocycles. The van der Waals surface area contributed by atoms with E-state index in [4.69, 9.17) is 0 Å². The van der Waals surface area contributed by atoms with Crippen LogP contribution in [0.5, 0.6) is 0 Å². The largest absolute Gasteiger partial charge is 0.103 e. The van der Waals surface area contributed by atoms with Crippen molar-refractivity contribution in [1.82, 2.24) is 0 Å². The predicted molar refractivity (Wildman–Crippen MR) is 117 cm³/mol. The molecule has 0 rings (SSSR count). The van der Waals surface area contributed by atoms with Crippen molar-refractivity contribution in [3.63, 3.8) is 0 Å². The maximum Gasteiger partial charge on any atom is -0.0134 e. The van der Waals surface area contributed by atoms with Crippen LogP contribution in [0.25, 0.3) is 0 Å². The Bertz CT molecular complexity index is 488. The molecule has 0 aromatic carbocycles. The molecule has 0 aliphatic rings. The Morgan fingerprint density at radius 1 is 0.840 bits per heavy atom. The predicted octanol–water partition coefficient (Wildman–Crippen LogP) is 8.59. The lowest BCUT2D eigenvalue weighted by Gasteiger charge is -2.16. The summed E-state index contributed by atoms with van der Waals surface area (Å²) in [6.45, 7) is 19.5. The van der Waals surface area contributed by atoms with Crippen LogP contribution < -0.4 is 0 Å². The van der Waals surface area contributed by atoms with E-state index < -0.39 is 0 Å². The highest BCUT2D eigenvalue weighted by Crippen LogP contribution is 2.24. The average molecular weight is 343 g/mol. The summed E-state index contributed by atoms with van der Waals surface area (Å²) >= 11 is 0. The second-order valence-electron chi connectivity index (χ2n) is 8.06. The lowest BCUT2D eigenvalue weighted by atomic mass is 9.90. The maximum absolute atomic E-state index is 3.92. The number of rotatable bonds is 12. The summed E-state index contributed by atoms with van der Waals surface area (Å²) in [5, 5.41) is 0. The Labute approximate surface area is 158 Å². The lowest BCUT2D eigenvalue weighted by Crippen LogP contribution is -2.00. The molecule has 0 heteroatoms. The van der Waals surface area contributed by atoms with Crippen molar-refractivity contribution < 1.29 is 0 Å². The number of hydrogen-bond donors (Lipinski definition) is 0. The van der Waals surface area contributed by atoms with Gasteiger partial charge < -0.3 is 0 Å². The molecule has 0 saturated heterocycles. The number of allylic oxidation sites excluding steroid dienone is 9. The van der Waals surface area contributed by atoms with E-state index in [1.807, 2.05) is 0 Å². The van der Waals surface area contributed by atoms with Gasteiger partial charge in [-0.15, -0.1) is 6.58 Å². The summed E-state index contributed by atoms with van der Waals surface area (Å²) in [4.78, 5) is 0. The first-order valence-corrected chi connectivity index (χ1v) is 10.00. The van der Waals surface area contributed by atoms with Crippen LogP contribution in [0.2, 0.25) is 0 Å². The van der Waals surface area contributed by atoms with Crippen molar-refractivity contribution in [3.05, 3.63) is 59.3 Å². The van der Waals surface area contributed by atoms with Crippen LogP contribution in [0.15, 0.2) is 59.3 Å². The van der Waals surface area contributed by atoms with Gasteiger partial charge in [0.2, 0.25) is 0 Å². The molecular weight excluding hydrogens is 300 g/mol. The van der Waals surface area contributed by atoms with E-state index in [0.717, 1.165) is 19.3 Å². The highest BCUT2D eigenvalue weighted by Gasteiger charge is 2.08. The lowest BCUT2D eigenvalue weighted by molar-refractivity contribution is 0.600. The Kier molecular flexibility index (Phi) is 13.2. The molecule has 0 saturated carbocycles. The summed E-state index contributed by atoms with van der Waals surface area (Å²) in [5.74, 6) is 1.21. The molecule has 2 atom stereocenters. The molecule has 142 valence electrons. The molecule has 0 bridgehead atoms. The van der Waals surface area contributed by atoms with Gasteiger partial charge in [0.05, 0.1) is 0 Å². The highest BCUT2D eigenvalue weighted by atomic mass is 14.1. The van der Waals surface area contributed by atoms with Gasteiger partial charge >= 0.3 is 0 Å². The first kappa shape index (κ1) is 23.7. The fourth-order valence-corrected chi connectivity index (χ4v) is 2.71. The third kappa shape index (κ3) is 13.6. The standard InChI is InChI=1S/C25H42/c1-9-22(6)16-18-25(24(8)15-11-13-21(4)5)19-17-23(7)14-10-12-20(2)3/h9,12-13,17-18,22,24H,1,10-11,14-16,19H2,2-8H3/b23-17-,25-18-. The van der Waals surface area contributed by atoms with Crippen LogP contribution in [0.4, 0.5) is 0 Å². The van der Waals surface area contributed by atoms with E-state index in [1.54, 1.807) is 5.57 Å². The summed E-state index contributed by atoms with van der Waals surface area (Å²) in [7, 11) is 0. The van der Waals surface area contributed by atoms with Crippen molar-refractivity contribution in [2.24, 2.45) is 11.8 Å². The van der Waals surface area contributed by atoms with E-state index in [-0.39, 0.29) is 0 Å². The Morgan fingerprint density at radius 2 is 1.44 bits per heavy atom. The molecule has 0 N–H and O–H groups in total. The average Bonchev–Trinajstić information content (AvgIpc) is 2.53. The zero-order valence-electron chi connectivity index (χ0n) is 18.0. The van der Waals surface area contributed by atoms with Gasteiger partial charge in [-0.2, -0.15) is 0 Å². The van der Waals surface area contributed by atoms with Gasteiger partial charge in [0, 0.05) is 0 Å². The van der Waals surface area contributed by atoms with Gasteiger partial charge in [0.15, 0.2) is 0 Å². The van der Waals surface area contributed by atoms with E-state index in [0.29, 0.717) is 11.8 Å². The van der Waals surface area contributed by atoms with Crippen LogP contribution in [-0.2, 0) is 0 Å². The summed E-state index contributed by atoms with van der Waals surface area (Å²) < 4.78 is 0. The van der Waals surface area contributed by atoms with Crippen molar-refractivity contribution in [1.29, 1.82) is 0 Å². The molecule has 25 heavy (non-hydrogen) atoms. The van der Waals surface area contributed by atoms with Crippen LogP contribution >= 0.6 is 0 Å². The summed E-state index contributed by atoms with van der Waals surface area (Å²) in [6, 6.07) is 0. The minimum Gasteiger partial charge on any atom is -0.103 e. The fourth-order valence-electron chi connectivity index (χ4n) is 2.71. The monoisotopic (exact) mass is 342 g/mol. The van der Waals surface area contributed by atoms with Gasteiger partial charge in [-0.3, -0.25) is 0 Å². The molecular formula is C25H42. The highest BCUT2D eigenvalue weighted by molar-refractivity contribution is 5.15. The van der Waals surface area contributed by atoms with Crippen molar-refractivity contribution in [3.8, 4) is 0 Å². The molecule has 0 radical (unpaired) electrons. The molecule has 0 aromatic heterocycles. The second-order valence-corrected chi connectivity index (χ2v) is 8.06. The second kappa shape index (κ2) is 13.9. The van der Waals surface area contributed by atoms with E-state index >= 15 is 0 Å². The Morgan fingerprint density at radius 3 is 2.00 bits per heavy atom. The molecule has 0 amide bonds. The molecule has 2 unspecified atom stereocenters. The third-order valence-corrected chi connectivity index (χ3v) is 4.72. The summed E-state index contributed by atoms with van der Waals surface area (Å²) in [6.07, 6.45) is 18.6. The number of hydrogen-bond acceptors (Lipinski definition) is 0. The molecule has 0 aliphatic carbocycles. The van der Waals surface area contributed by atoms with Crippen molar-refractivity contribution >= 4 is 0 Å². The first-order chi connectivity index (χ1) is 11.8. The van der Waals surface area contributed by atoms with Crippen LogP contribution in [0, 0.1) is 11.8 Å². The van der Waals surface area contributed by atoms with E-state index in [9.17, 15) is 0 Å². The van der Waals surface area contributed by atoms with Gasteiger partial charge in [-0.05, 0) is 85.0 Å². The molecule has 0 heterocycles. The van der Waals surface area contributed by atoms with Gasteiger partial charge in [-0.25, -0.2) is 0 Å². The van der Waals surface area contributed by atoms with Gasteiger partial charge in [0.25, 0.3) is 0 Å². The van der Waals surface area contributed by atoms with E-state index in [1.165, 1.54) is 36.0 Å². The minimum atomic E-state index is 0.558. The normalized spacial score (nSPS) is 14.7. The van der Waals surface area contributed by atoms with Gasteiger partial charge in [0.1, 0.15) is 0 Å². The minimum absolute atomic E-state index is 0.558. The maximum atomic E-state index is 3.92. The quantitative estimate of drug-likeness (QED) is 0.311. The Balaban J connectivity index is 4.85. The smallest absolute Gasteiger partial charge is 0.0134 e. The van der Waals surface area contributed by atoms with Crippen LogP contribution in [-0.4, -0.2) is 0 Å². The topological polar surface area (TPSA) is 0 Å². The van der Waals surface area contributed by atoms with Crippen LogP contribution in [0.3, 0.4) is 0 Å². The summed E-state index contributed by atoms with van der Waals surface area (Å²) in [5.41, 5.74) is 5.95. The fraction of sp³-hybridized carbons (Fsp3) is 0.600. The molecule has 0 aromatic rings. The molecule has 0 nitrogen and oxygen atoms in total. The van der Waals surface area contributed by atoms with Crippen molar-refractivity contribution in [2.75, 3.05) is 0 Å². The van der Waals surface area contributed by atoms with E-state index in [2.05, 4.69) is 85.4 Å². The zero-order chi connectivity index (χ0) is 19.2. The van der Waals surface area contributed by atoms with Crippen molar-refractivity contribution in [2.45, 2.75) is 87.0 Å². The molecule has 0 spiro atoms. The SMILES string of the molecule is C=CC(C)C/C=C(/C/C=C(/C)CCC=C(C)C)C(C)CCC=C(C)C. The Hall–Kier alpha value is -1.30. The van der Waals surface area contributed by atoms with Gasteiger partial charge in [-0.1, -0.05) is 66.5 Å². The third-order valence-electron chi connectivity index (χ3n) is 4.72. The molecule has 0 fully saturated rings. The van der Waals surface area contributed by atoms with Crippen LogP contribution in [0.1, 0.15) is 87.0 Å². The zero-order valence-corrected chi connectivity index (χ0v) is 18.0. The first-order valence-electron chi connectivity index (χ1n) is 10.00.